The molecular formula is C13H15BrN2OS. The van der Waals surface area contributed by atoms with E-state index in [1.807, 2.05) is 24.3 Å². The number of ether oxygens (including phenoxy) is 1. The highest BCUT2D eigenvalue weighted by Crippen LogP contribution is 2.28. The lowest BCUT2D eigenvalue weighted by Crippen LogP contribution is -2.29. The van der Waals surface area contributed by atoms with Gasteiger partial charge in [0.15, 0.2) is 0 Å². The fourth-order valence-electron chi connectivity index (χ4n) is 1.79. The van der Waals surface area contributed by atoms with Gasteiger partial charge in [0, 0.05) is 9.35 Å². The Balaban J connectivity index is 2.21. The predicted octanol–water partition coefficient (Wildman–Crippen LogP) is 3.27. The Labute approximate surface area is 119 Å². The average Bonchev–Trinajstić information content (AvgIpc) is 2.91. The van der Waals surface area contributed by atoms with Crippen molar-refractivity contribution in [1.29, 1.82) is 0 Å². The van der Waals surface area contributed by atoms with Crippen molar-refractivity contribution in [3.63, 3.8) is 0 Å². The van der Waals surface area contributed by atoms with Crippen molar-refractivity contribution in [2.75, 3.05) is 7.11 Å². The number of hydrazine groups is 1. The number of benzene rings is 1. The molecule has 1 aromatic carbocycles. The molecule has 2 aromatic rings. The number of nitrogens with two attached hydrogens (primary N) is 1. The number of halogens is 1. The van der Waals surface area contributed by atoms with Crippen LogP contribution in [0.5, 0.6) is 5.75 Å². The molecule has 0 spiro atoms. The molecule has 0 aliphatic rings. The van der Waals surface area contributed by atoms with Crippen molar-refractivity contribution in [3.05, 3.63) is 50.6 Å². The van der Waals surface area contributed by atoms with E-state index in [0.717, 1.165) is 16.6 Å². The molecule has 3 N–H and O–H groups in total. The smallest absolute Gasteiger partial charge is 0.119 e. The summed E-state index contributed by atoms with van der Waals surface area (Å²) in [4.78, 5) is 1.23. The topological polar surface area (TPSA) is 47.3 Å². The van der Waals surface area contributed by atoms with Crippen molar-refractivity contribution in [1.82, 2.24) is 5.43 Å². The molecule has 0 amide bonds. The van der Waals surface area contributed by atoms with Crippen LogP contribution < -0.4 is 16.0 Å². The van der Waals surface area contributed by atoms with Gasteiger partial charge in [0.1, 0.15) is 5.75 Å². The van der Waals surface area contributed by atoms with Gasteiger partial charge in [-0.05, 0) is 41.6 Å². The van der Waals surface area contributed by atoms with Gasteiger partial charge in [0.05, 0.1) is 13.2 Å². The largest absolute Gasteiger partial charge is 0.497 e. The SMILES string of the molecule is COc1ccc(Br)c(CC(NN)c2cccs2)c1. The fraction of sp³-hybridized carbons (Fsp3) is 0.231. The van der Waals surface area contributed by atoms with Gasteiger partial charge in [-0.1, -0.05) is 22.0 Å². The molecule has 0 fully saturated rings. The minimum atomic E-state index is 0.119. The maximum atomic E-state index is 5.64. The molecule has 0 saturated carbocycles. The van der Waals surface area contributed by atoms with Crippen LogP contribution in [-0.4, -0.2) is 7.11 Å². The molecule has 0 aliphatic heterocycles. The third-order valence-corrected chi connectivity index (χ3v) is 4.52. The first-order valence-electron chi connectivity index (χ1n) is 5.56. The van der Waals surface area contributed by atoms with E-state index < -0.39 is 0 Å². The first-order valence-corrected chi connectivity index (χ1v) is 7.24. The number of hydrogen-bond donors (Lipinski definition) is 2. The van der Waals surface area contributed by atoms with Crippen molar-refractivity contribution < 1.29 is 4.74 Å². The van der Waals surface area contributed by atoms with E-state index in [0.29, 0.717) is 0 Å². The molecule has 0 bridgehead atoms. The third kappa shape index (κ3) is 3.11. The number of methoxy groups -OCH3 is 1. The van der Waals surface area contributed by atoms with Gasteiger partial charge in [-0.2, -0.15) is 0 Å². The second-order valence-corrected chi connectivity index (χ2v) is 5.73. The van der Waals surface area contributed by atoms with Gasteiger partial charge in [-0.25, -0.2) is 0 Å². The highest BCUT2D eigenvalue weighted by Gasteiger charge is 2.13. The summed E-state index contributed by atoms with van der Waals surface area (Å²) in [7, 11) is 1.67. The van der Waals surface area contributed by atoms with Crippen LogP contribution in [-0.2, 0) is 6.42 Å². The maximum Gasteiger partial charge on any atom is 0.119 e. The third-order valence-electron chi connectivity index (χ3n) is 2.76. The zero-order valence-corrected chi connectivity index (χ0v) is 12.4. The number of nitrogens with one attached hydrogen (secondary N) is 1. The molecule has 1 atom stereocenters. The zero-order valence-electron chi connectivity index (χ0n) is 10.0. The van der Waals surface area contributed by atoms with Gasteiger partial charge >= 0.3 is 0 Å². The van der Waals surface area contributed by atoms with Crippen LogP contribution in [0, 0.1) is 0 Å². The quantitative estimate of drug-likeness (QED) is 0.654. The van der Waals surface area contributed by atoms with Gasteiger partial charge in [0.25, 0.3) is 0 Å². The standard InChI is InChI=1S/C13H15BrN2OS/c1-17-10-4-5-11(14)9(7-10)8-12(16-15)13-3-2-6-18-13/h2-7,12,16H,8,15H2,1H3. The second-order valence-electron chi connectivity index (χ2n) is 3.90. The van der Waals surface area contributed by atoms with Crippen LogP contribution >= 0.6 is 27.3 Å². The summed E-state index contributed by atoms with van der Waals surface area (Å²) < 4.78 is 6.32. The first kappa shape index (κ1) is 13.5. The molecule has 2 rings (SSSR count). The van der Waals surface area contributed by atoms with Crippen molar-refractivity contribution in [2.24, 2.45) is 5.84 Å². The molecule has 0 aliphatic carbocycles. The van der Waals surface area contributed by atoms with E-state index in [2.05, 4.69) is 32.8 Å². The Morgan fingerprint density at radius 1 is 1.44 bits per heavy atom. The monoisotopic (exact) mass is 326 g/mol. The number of rotatable bonds is 5. The Morgan fingerprint density at radius 3 is 2.89 bits per heavy atom. The molecule has 1 aromatic heterocycles. The van der Waals surface area contributed by atoms with E-state index in [9.17, 15) is 0 Å². The highest BCUT2D eigenvalue weighted by molar-refractivity contribution is 9.10. The van der Waals surface area contributed by atoms with E-state index in [1.165, 1.54) is 10.4 Å². The van der Waals surface area contributed by atoms with Crippen molar-refractivity contribution in [2.45, 2.75) is 12.5 Å². The second kappa shape index (κ2) is 6.33. The number of thiophene rings is 1. The summed E-state index contributed by atoms with van der Waals surface area (Å²) in [5.74, 6) is 6.50. The first-order chi connectivity index (χ1) is 8.74. The molecule has 0 saturated heterocycles. The normalized spacial score (nSPS) is 12.4. The molecular weight excluding hydrogens is 312 g/mol. The summed E-state index contributed by atoms with van der Waals surface area (Å²) in [6, 6.07) is 10.2. The van der Waals surface area contributed by atoms with Crippen molar-refractivity contribution >= 4 is 27.3 Å². The molecule has 18 heavy (non-hydrogen) atoms. The summed E-state index contributed by atoms with van der Waals surface area (Å²) in [5.41, 5.74) is 4.04. The lowest BCUT2D eigenvalue weighted by molar-refractivity contribution is 0.413. The van der Waals surface area contributed by atoms with Crippen LogP contribution in [0.4, 0.5) is 0 Å². The van der Waals surface area contributed by atoms with Crippen LogP contribution in [0.25, 0.3) is 0 Å². The van der Waals surface area contributed by atoms with Gasteiger partial charge in [-0.15, -0.1) is 11.3 Å². The molecule has 96 valence electrons. The van der Waals surface area contributed by atoms with Gasteiger partial charge < -0.3 is 4.74 Å². The van der Waals surface area contributed by atoms with Gasteiger partial charge in [0.2, 0.25) is 0 Å². The van der Waals surface area contributed by atoms with Crippen LogP contribution in [0.1, 0.15) is 16.5 Å². The Kier molecular flexibility index (Phi) is 4.77. The predicted molar refractivity (Wildman–Crippen MR) is 78.8 cm³/mol. The Bertz CT molecular complexity index is 502. The van der Waals surface area contributed by atoms with E-state index in [1.54, 1.807) is 18.4 Å². The van der Waals surface area contributed by atoms with Crippen LogP contribution in [0.2, 0.25) is 0 Å². The molecule has 5 heteroatoms. The number of hydrogen-bond acceptors (Lipinski definition) is 4. The van der Waals surface area contributed by atoms with Crippen LogP contribution in [0.15, 0.2) is 40.2 Å². The minimum Gasteiger partial charge on any atom is -0.497 e. The van der Waals surface area contributed by atoms with E-state index in [4.69, 9.17) is 10.6 Å². The summed E-state index contributed by atoms with van der Waals surface area (Å²) in [5, 5.41) is 2.06. The highest BCUT2D eigenvalue weighted by atomic mass is 79.9. The Hall–Kier alpha value is -0.880. The van der Waals surface area contributed by atoms with Crippen molar-refractivity contribution in [3.8, 4) is 5.75 Å². The minimum absolute atomic E-state index is 0.119. The molecule has 3 nitrogen and oxygen atoms in total. The molecule has 1 heterocycles. The molecule has 0 radical (unpaired) electrons. The average molecular weight is 327 g/mol. The molecule has 1 unspecified atom stereocenters. The lowest BCUT2D eigenvalue weighted by atomic mass is 10.0. The summed E-state index contributed by atoms with van der Waals surface area (Å²) in [6.07, 6.45) is 0.814. The maximum absolute atomic E-state index is 5.64. The Morgan fingerprint density at radius 2 is 2.28 bits per heavy atom. The van der Waals surface area contributed by atoms with E-state index in [-0.39, 0.29) is 6.04 Å². The summed E-state index contributed by atoms with van der Waals surface area (Å²) >= 11 is 5.26. The van der Waals surface area contributed by atoms with E-state index >= 15 is 0 Å². The van der Waals surface area contributed by atoms with Gasteiger partial charge in [-0.3, -0.25) is 11.3 Å². The lowest BCUT2D eigenvalue weighted by Gasteiger charge is -2.16. The fourth-order valence-corrected chi connectivity index (χ4v) is 2.98. The summed E-state index contributed by atoms with van der Waals surface area (Å²) in [6.45, 7) is 0. The zero-order chi connectivity index (χ0) is 13.0. The van der Waals surface area contributed by atoms with Crippen LogP contribution in [0.3, 0.4) is 0 Å².